The van der Waals surface area contributed by atoms with Crippen molar-refractivity contribution in [3.05, 3.63) is 28.8 Å². The van der Waals surface area contributed by atoms with Crippen LogP contribution in [0.4, 0.5) is 5.69 Å². The Hall–Kier alpha value is -1.26. The van der Waals surface area contributed by atoms with E-state index < -0.39 is 0 Å². The van der Waals surface area contributed by atoms with Gasteiger partial charge in [-0.05, 0) is 32.3 Å². The summed E-state index contributed by atoms with van der Waals surface area (Å²) in [6, 6.07) is 4.94. The minimum absolute atomic E-state index is 0.0475. The lowest BCUT2D eigenvalue weighted by molar-refractivity contribution is 0.0786. The third-order valence-electron chi connectivity index (χ3n) is 2.48. The van der Waals surface area contributed by atoms with Gasteiger partial charge in [-0.2, -0.15) is 0 Å². The first kappa shape index (κ1) is 13.8. The molecule has 0 heterocycles. The number of nitrogens with zero attached hydrogens (tertiary/aromatic N) is 2. The predicted octanol–water partition coefficient (Wildman–Crippen LogP) is 1.56. The zero-order chi connectivity index (χ0) is 13.0. The maximum absolute atomic E-state index is 12.0. The van der Waals surface area contributed by atoms with Gasteiger partial charge in [-0.15, -0.1) is 0 Å². The quantitative estimate of drug-likeness (QED) is 0.831. The molecule has 0 aliphatic rings. The minimum Gasteiger partial charge on any atom is -0.398 e. The molecule has 2 N–H and O–H groups in total. The third-order valence-corrected chi connectivity index (χ3v) is 2.80. The van der Waals surface area contributed by atoms with E-state index in [4.69, 9.17) is 17.3 Å². The van der Waals surface area contributed by atoms with Gasteiger partial charge in [0.05, 0.1) is 10.7 Å². The van der Waals surface area contributed by atoms with Gasteiger partial charge in [0.1, 0.15) is 0 Å². The van der Waals surface area contributed by atoms with Crippen molar-refractivity contribution in [2.75, 3.05) is 40.0 Å². The van der Waals surface area contributed by atoms with Crippen molar-refractivity contribution in [1.29, 1.82) is 0 Å². The van der Waals surface area contributed by atoms with Crippen LogP contribution in [0.1, 0.15) is 10.4 Å². The molecule has 0 spiro atoms. The molecule has 1 amide bonds. The lowest BCUT2D eigenvalue weighted by atomic mass is 10.2. The van der Waals surface area contributed by atoms with Gasteiger partial charge < -0.3 is 15.5 Å². The van der Waals surface area contributed by atoms with Crippen LogP contribution in [-0.2, 0) is 0 Å². The summed E-state index contributed by atoms with van der Waals surface area (Å²) in [5, 5.41) is 0.414. The summed E-state index contributed by atoms with van der Waals surface area (Å²) < 4.78 is 0. The molecular formula is C12H18ClN3O. The highest BCUT2D eigenvalue weighted by atomic mass is 35.5. The highest BCUT2D eigenvalue weighted by molar-refractivity contribution is 6.33. The number of rotatable bonds is 4. The number of hydrogen-bond acceptors (Lipinski definition) is 3. The second-order valence-electron chi connectivity index (χ2n) is 4.27. The van der Waals surface area contributed by atoms with Crippen molar-refractivity contribution < 1.29 is 4.79 Å². The minimum atomic E-state index is -0.0475. The first-order valence-electron chi connectivity index (χ1n) is 5.37. The molecule has 5 heteroatoms. The predicted molar refractivity (Wildman–Crippen MR) is 71.4 cm³/mol. The van der Waals surface area contributed by atoms with Crippen molar-refractivity contribution in [1.82, 2.24) is 9.80 Å². The number of likely N-dealkylation sites (N-methyl/N-ethyl adjacent to an activating group) is 2. The first-order valence-corrected chi connectivity index (χ1v) is 5.75. The van der Waals surface area contributed by atoms with Crippen LogP contribution in [0.2, 0.25) is 5.02 Å². The van der Waals surface area contributed by atoms with Gasteiger partial charge in [0, 0.05) is 25.7 Å². The van der Waals surface area contributed by atoms with Crippen molar-refractivity contribution in [2.45, 2.75) is 0 Å². The number of hydrogen-bond donors (Lipinski definition) is 1. The van der Waals surface area contributed by atoms with Gasteiger partial charge in [-0.1, -0.05) is 11.6 Å². The molecule has 0 radical (unpaired) electrons. The molecule has 0 aromatic heterocycles. The summed E-state index contributed by atoms with van der Waals surface area (Å²) in [5.41, 5.74) is 6.65. The Balaban J connectivity index is 2.71. The Morgan fingerprint density at radius 1 is 1.29 bits per heavy atom. The molecule has 0 fully saturated rings. The van der Waals surface area contributed by atoms with Gasteiger partial charge in [0.25, 0.3) is 5.91 Å². The van der Waals surface area contributed by atoms with E-state index in [9.17, 15) is 4.79 Å². The van der Waals surface area contributed by atoms with E-state index in [-0.39, 0.29) is 5.91 Å². The number of nitrogen functional groups attached to an aromatic ring is 1. The number of carbonyl (C=O) groups is 1. The Kier molecular flexibility index (Phi) is 4.78. The Labute approximate surface area is 107 Å². The van der Waals surface area contributed by atoms with Crippen LogP contribution >= 0.6 is 11.6 Å². The maximum atomic E-state index is 12.0. The van der Waals surface area contributed by atoms with Crippen molar-refractivity contribution in [3.63, 3.8) is 0 Å². The molecule has 17 heavy (non-hydrogen) atoms. The third kappa shape index (κ3) is 3.91. The average molecular weight is 256 g/mol. The zero-order valence-corrected chi connectivity index (χ0v) is 11.2. The standard InChI is InChI=1S/C12H18ClN3O/c1-15(2)6-7-16(3)12(17)9-4-5-11(14)10(13)8-9/h4-5,8H,6-7,14H2,1-3H3. The summed E-state index contributed by atoms with van der Waals surface area (Å²) >= 11 is 5.89. The largest absolute Gasteiger partial charge is 0.398 e. The van der Waals surface area contributed by atoms with Crippen LogP contribution in [0.3, 0.4) is 0 Å². The molecule has 0 unspecified atom stereocenters. The van der Waals surface area contributed by atoms with Gasteiger partial charge >= 0.3 is 0 Å². The van der Waals surface area contributed by atoms with Gasteiger partial charge in [-0.25, -0.2) is 0 Å². The van der Waals surface area contributed by atoms with E-state index in [2.05, 4.69) is 0 Å². The number of carbonyl (C=O) groups excluding carboxylic acids is 1. The lowest BCUT2D eigenvalue weighted by Gasteiger charge is -2.19. The molecule has 0 bridgehead atoms. The summed E-state index contributed by atoms with van der Waals surface area (Å²) in [6.45, 7) is 1.50. The van der Waals surface area contributed by atoms with Gasteiger partial charge in [0.15, 0.2) is 0 Å². The molecular weight excluding hydrogens is 238 g/mol. The lowest BCUT2D eigenvalue weighted by Crippen LogP contribution is -2.33. The van der Waals surface area contributed by atoms with E-state index in [0.717, 1.165) is 6.54 Å². The first-order chi connectivity index (χ1) is 7.91. The number of benzene rings is 1. The highest BCUT2D eigenvalue weighted by Crippen LogP contribution is 2.20. The van der Waals surface area contributed by atoms with Gasteiger partial charge in [-0.3, -0.25) is 4.79 Å². The molecule has 0 atom stereocenters. The molecule has 0 aliphatic heterocycles. The Morgan fingerprint density at radius 2 is 1.94 bits per heavy atom. The molecule has 0 saturated heterocycles. The second kappa shape index (κ2) is 5.89. The molecule has 4 nitrogen and oxygen atoms in total. The van der Waals surface area contributed by atoms with Crippen LogP contribution in [-0.4, -0.2) is 49.9 Å². The summed E-state index contributed by atoms with van der Waals surface area (Å²) in [5.74, 6) is -0.0475. The summed E-state index contributed by atoms with van der Waals surface area (Å²) in [7, 11) is 5.72. The van der Waals surface area contributed by atoms with Crippen LogP contribution in [0.5, 0.6) is 0 Å². The zero-order valence-electron chi connectivity index (χ0n) is 10.4. The summed E-state index contributed by atoms with van der Waals surface area (Å²) in [6.07, 6.45) is 0. The molecule has 94 valence electrons. The summed E-state index contributed by atoms with van der Waals surface area (Å²) in [4.78, 5) is 15.7. The van der Waals surface area contributed by atoms with Crippen molar-refractivity contribution >= 4 is 23.2 Å². The van der Waals surface area contributed by atoms with Crippen molar-refractivity contribution in [3.8, 4) is 0 Å². The molecule has 1 rings (SSSR count). The van der Waals surface area contributed by atoms with Crippen LogP contribution < -0.4 is 5.73 Å². The van der Waals surface area contributed by atoms with Gasteiger partial charge in [0.2, 0.25) is 0 Å². The molecule has 1 aromatic rings. The molecule has 0 saturated carbocycles. The second-order valence-corrected chi connectivity index (χ2v) is 4.67. The fourth-order valence-electron chi connectivity index (χ4n) is 1.33. The number of amides is 1. The van der Waals surface area contributed by atoms with E-state index in [0.29, 0.717) is 22.8 Å². The highest BCUT2D eigenvalue weighted by Gasteiger charge is 2.12. The van der Waals surface area contributed by atoms with E-state index in [1.807, 2.05) is 19.0 Å². The van der Waals surface area contributed by atoms with E-state index in [1.165, 1.54) is 0 Å². The van der Waals surface area contributed by atoms with Crippen LogP contribution in [0, 0.1) is 0 Å². The topological polar surface area (TPSA) is 49.6 Å². The van der Waals surface area contributed by atoms with E-state index >= 15 is 0 Å². The van der Waals surface area contributed by atoms with Crippen LogP contribution in [0.15, 0.2) is 18.2 Å². The Bertz CT molecular complexity index is 407. The normalized spacial score (nSPS) is 10.6. The monoisotopic (exact) mass is 255 g/mol. The SMILES string of the molecule is CN(C)CCN(C)C(=O)c1ccc(N)c(Cl)c1. The fourth-order valence-corrected chi connectivity index (χ4v) is 1.51. The fraction of sp³-hybridized carbons (Fsp3) is 0.417. The number of halogens is 1. The Morgan fingerprint density at radius 3 is 2.47 bits per heavy atom. The maximum Gasteiger partial charge on any atom is 0.253 e. The number of anilines is 1. The average Bonchev–Trinajstić information content (AvgIpc) is 2.28. The number of nitrogens with two attached hydrogens (primary N) is 1. The van der Waals surface area contributed by atoms with Crippen LogP contribution in [0.25, 0.3) is 0 Å². The van der Waals surface area contributed by atoms with E-state index in [1.54, 1.807) is 30.1 Å². The molecule has 0 aliphatic carbocycles. The molecule has 1 aromatic carbocycles. The smallest absolute Gasteiger partial charge is 0.253 e. The van der Waals surface area contributed by atoms with Crippen molar-refractivity contribution in [2.24, 2.45) is 0 Å².